The number of carbonyl (C=O) groups excluding carboxylic acids is 1. The van der Waals surface area contributed by atoms with Crippen LogP contribution in [0.15, 0.2) is 60.8 Å². The maximum absolute atomic E-state index is 13.3. The van der Waals surface area contributed by atoms with E-state index in [1.807, 2.05) is 55.1 Å². The Kier molecular flexibility index (Phi) is 3.53. The van der Waals surface area contributed by atoms with Gasteiger partial charge in [0, 0.05) is 30.2 Å². The summed E-state index contributed by atoms with van der Waals surface area (Å²) in [6.45, 7) is 1.96. The highest BCUT2D eigenvalue weighted by molar-refractivity contribution is 6.37. The van der Waals surface area contributed by atoms with E-state index in [4.69, 9.17) is 0 Å². The lowest BCUT2D eigenvalue weighted by Crippen LogP contribution is -2.06. The second kappa shape index (κ2) is 5.74. The Morgan fingerprint density at radius 2 is 1.80 bits per heavy atom. The molecule has 0 atom stereocenters. The molecule has 1 amide bonds. The molecule has 25 heavy (non-hydrogen) atoms. The van der Waals surface area contributed by atoms with Crippen LogP contribution in [0.5, 0.6) is 0 Å². The molecular formula is C21H17FN2O. The Morgan fingerprint density at radius 3 is 2.48 bits per heavy atom. The van der Waals surface area contributed by atoms with Gasteiger partial charge in [0.2, 0.25) is 0 Å². The van der Waals surface area contributed by atoms with Crippen molar-refractivity contribution in [2.75, 3.05) is 5.32 Å². The van der Waals surface area contributed by atoms with E-state index in [-0.39, 0.29) is 11.7 Å². The van der Waals surface area contributed by atoms with E-state index >= 15 is 0 Å². The number of nitrogens with zero attached hydrogens (tertiary/aromatic N) is 1. The highest BCUT2D eigenvalue weighted by Gasteiger charge is 2.29. The summed E-state index contributed by atoms with van der Waals surface area (Å²) in [6.07, 6.45) is 1.96. The van der Waals surface area contributed by atoms with Crippen LogP contribution in [-0.2, 0) is 11.8 Å². The summed E-state index contributed by atoms with van der Waals surface area (Å²) in [5.74, 6) is -0.385. The van der Waals surface area contributed by atoms with Crippen molar-refractivity contribution < 1.29 is 9.18 Å². The SMILES string of the molecule is C/C(=C1/C(=O)Nc2cccc(-c3ccc(F)cc3)c21)c1cccn1C. The Labute approximate surface area is 145 Å². The van der Waals surface area contributed by atoms with Crippen LogP contribution >= 0.6 is 0 Å². The van der Waals surface area contributed by atoms with Crippen LogP contribution in [0, 0.1) is 5.82 Å². The maximum atomic E-state index is 13.3. The molecule has 2 aromatic carbocycles. The second-order valence-corrected chi connectivity index (χ2v) is 6.19. The normalized spacial score (nSPS) is 15.1. The minimum Gasteiger partial charge on any atom is -0.351 e. The van der Waals surface area contributed by atoms with E-state index in [9.17, 15) is 9.18 Å². The molecule has 1 aliphatic rings. The van der Waals surface area contributed by atoms with Gasteiger partial charge in [0.1, 0.15) is 5.82 Å². The van der Waals surface area contributed by atoms with Crippen LogP contribution in [0.2, 0.25) is 0 Å². The van der Waals surface area contributed by atoms with Crippen molar-refractivity contribution in [2.45, 2.75) is 6.92 Å². The van der Waals surface area contributed by atoms with Gasteiger partial charge in [-0.05, 0) is 54.0 Å². The van der Waals surface area contributed by atoms with Crippen LogP contribution in [0.4, 0.5) is 10.1 Å². The van der Waals surface area contributed by atoms with Crippen molar-refractivity contribution in [3.8, 4) is 11.1 Å². The molecule has 0 fully saturated rings. The van der Waals surface area contributed by atoms with Gasteiger partial charge in [-0.2, -0.15) is 0 Å². The van der Waals surface area contributed by atoms with E-state index in [0.29, 0.717) is 5.57 Å². The molecule has 0 radical (unpaired) electrons. The molecule has 0 saturated carbocycles. The van der Waals surface area contributed by atoms with Gasteiger partial charge in [0.15, 0.2) is 0 Å². The molecule has 0 saturated heterocycles. The van der Waals surface area contributed by atoms with Crippen molar-refractivity contribution in [2.24, 2.45) is 7.05 Å². The van der Waals surface area contributed by atoms with Gasteiger partial charge in [0.05, 0.1) is 5.57 Å². The summed E-state index contributed by atoms with van der Waals surface area (Å²) >= 11 is 0. The van der Waals surface area contributed by atoms with E-state index in [0.717, 1.165) is 33.6 Å². The molecule has 4 heteroatoms. The van der Waals surface area contributed by atoms with Crippen LogP contribution in [0.25, 0.3) is 22.3 Å². The number of benzene rings is 2. The molecule has 124 valence electrons. The van der Waals surface area contributed by atoms with Crippen molar-refractivity contribution in [1.82, 2.24) is 4.57 Å². The fraction of sp³-hybridized carbons (Fsp3) is 0.0952. The summed E-state index contributed by atoms with van der Waals surface area (Å²) in [6, 6.07) is 16.1. The van der Waals surface area contributed by atoms with Gasteiger partial charge in [0.25, 0.3) is 5.91 Å². The summed E-state index contributed by atoms with van der Waals surface area (Å²) in [4.78, 5) is 12.7. The van der Waals surface area contributed by atoms with Gasteiger partial charge >= 0.3 is 0 Å². The highest BCUT2D eigenvalue weighted by Crippen LogP contribution is 2.42. The molecule has 0 bridgehead atoms. The zero-order chi connectivity index (χ0) is 17.6. The predicted molar refractivity (Wildman–Crippen MR) is 98.4 cm³/mol. The highest BCUT2D eigenvalue weighted by atomic mass is 19.1. The second-order valence-electron chi connectivity index (χ2n) is 6.19. The lowest BCUT2D eigenvalue weighted by atomic mass is 9.92. The van der Waals surface area contributed by atoms with Crippen LogP contribution in [-0.4, -0.2) is 10.5 Å². The molecule has 2 heterocycles. The van der Waals surface area contributed by atoms with Crippen molar-refractivity contribution >= 4 is 22.7 Å². The predicted octanol–water partition coefficient (Wildman–Crippen LogP) is 4.71. The maximum Gasteiger partial charge on any atom is 0.256 e. The first-order chi connectivity index (χ1) is 12.1. The van der Waals surface area contributed by atoms with Gasteiger partial charge in [-0.1, -0.05) is 24.3 Å². The number of allylic oxidation sites excluding steroid dienone is 1. The number of carbonyl (C=O) groups is 1. The van der Waals surface area contributed by atoms with Gasteiger partial charge in [-0.3, -0.25) is 4.79 Å². The van der Waals surface area contributed by atoms with E-state index < -0.39 is 0 Å². The third-order valence-corrected chi connectivity index (χ3v) is 4.65. The lowest BCUT2D eigenvalue weighted by molar-refractivity contribution is -0.110. The Balaban J connectivity index is 1.97. The Bertz CT molecular complexity index is 1010. The number of halogens is 1. The molecule has 3 nitrogen and oxygen atoms in total. The molecule has 0 aliphatic carbocycles. The first-order valence-electron chi connectivity index (χ1n) is 8.09. The van der Waals surface area contributed by atoms with Crippen LogP contribution < -0.4 is 5.32 Å². The number of amides is 1. The third kappa shape index (κ3) is 2.47. The van der Waals surface area contributed by atoms with Crippen molar-refractivity contribution in [3.63, 3.8) is 0 Å². The van der Waals surface area contributed by atoms with Gasteiger partial charge < -0.3 is 9.88 Å². The number of aromatic nitrogens is 1. The molecule has 3 aromatic rings. The molecule has 1 aliphatic heterocycles. The fourth-order valence-corrected chi connectivity index (χ4v) is 3.43. The zero-order valence-electron chi connectivity index (χ0n) is 14.0. The molecular weight excluding hydrogens is 315 g/mol. The average molecular weight is 332 g/mol. The Morgan fingerprint density at radius 1 is 1.04 bits per heavy atom. The van der Waals surface area contributed by atoms with E-state index in [1.165, 1.54) is 12.1 Å². The topological polar surface area (TPSA) is 34.0 Å². The largest absolute Gasteiger partial charge is 0.351 e. The first kappa shape index (κ1) is 15.4. The number of anilines is 1. The van der Waals surface area contributed by atoms with Gasteiger partial charge in [-0.15, -0.1) is 0 Å². The zero-order valence-corrected chi connectivity index (χ0v) is 14.0. The monoisotopic (exact) mass is 332 g/mol. The number of hydrogen-bond donors (Lipinski definition) is 1. The minimum absolute atomic E-state index is 0.108. The number of aryl methyl sites for hydroxylation is 1. The first-order valence-corrected chi connectivity index (χ1v) is 8.09. The average Bonchev–Trinajstić information content (AvgIpc) is 3.17. The Hall–Kier alpha value is -3.14. The van der Waals surface area contributed by atoms with Crippen LogP contribution in [0.1, 0.15) is 18.2 Å². The summed E-state index contributed by atoms with van der Waals surface area (Å²) < 4.78 is 15.3. The lowest BCUT2D eigenvalue weighted by Gasteiger charge is -2.12. The van der Waals surface area contributed by atoms with Gasteiger partial charge in [-0.25, -0.2) is 4.39 Å². The molecule has 4 rings (SSSR count). The van der Waals surface area contributed by atoms with Crippen molar-refractivity contribution in [3.05, 3.63) is 77.9 Å². The van der Waals surface area contributed by atoms with E-state index in [2.05, 4.69) is 5.32 Å². The quantitative estimate of drug-likeness (QED) is 0.677. The number of rotatable bonds is 2. The number of fused-ring (bicyclic) bond motifs is 1. The summed E-state index contributed by atoms with van der Waals surface area (Å²) in [5, 5.41) is 2.95. The van der Waals surface area contributed by atoms with E-state index in [1.54, 1.807) is 12.1 Å². The summed E-state index contributed by atoms with van der Waals surface area (Å²) in [5.41, 5.74) is 6.03. The smallest absolute Gasteiger partial charge is 0.256 e. The minimum atomic E-state index is -0.277. The number of nitrogens with one attached hydrogen (secondary N) is 1. The van der Waals surface area contributed by atoms with Crippen molar-refractivity contribution in [1.29, 1.82) is 0 Å². The fourth-order valence-electron chi connectivity index (χ4n) is 3.43. The molecule has 0 spiro atoms. The third-order valence-electron chi connectivity index (χ3n) is 4.65. The molecule has 0 unspecified atom stereocenters. The van der Waals surface area contributed by atoms with Crippen LogP contribution in [0.3, 0.4) is 0 Å². The molecule has 1 N–H and O–H groups in total. The number of hydrogen-bond acceptors (Lipinski definition) is 1. The molecule has 1 aromatic heterocycles. The standard InChI is InChI=1S/C21H17FN2O/c1-13(18-7-4-12-24(18)2)19-20-16(14-8-10-15(22)11-9-14)5-3-6-17(20)23-21(19)25/h3-12H,1-2H3,(H,23,25)/b19-13-. The summed E-state index contributed by atoms with van der Waals surface area (Å²) in [7, 11) is 1.96.